The van der Waals surface area contributed by atoms with Crippen molar-refractivity contribution in [3.8, 4) is 0 Å². The number of hydrogen-bond donors (Lipinski definition) is 2. The van der Waals surface area contributed by atoms with E-state index in [9.17, 15) is 9.59 Å². The lowest BCUT2D eigenvalue weighted by molar-refractivity contribution is -0.117. The molecule has 1 aromatic heterocycles. The summed E-state index contributed by atoms with van der Waals surface area (Å²) >= 11 is 0. The van der Waals surface area contributed by atoms with Crippen LogP contribution in [0.4, 0.5) is 11.4 Å². The van der Waals surface area contributed by atoms with E-state index < -0.39 is 0 Å². The highest BCUT2D eigenvalue weighted by atomic mass is 16.2. The highest BCUT2D eigenvalue weighted by Crippen LogP contribution is 2.52. The van der Waals surface area contributed by atoms with E-state index in [-0.39, 0.29) is 11.8 Å². The number of hydrogen-bond acceptors (Lipinski definition) is 5. The van der Waals surface area contributed by atoms with Crippen molar-refractivity contribution in [1.82, 2.24) is 14.8 Å². The average molecular weight is 652 g/mol. The molecule has 4 aliphatic rings. The van der Waals surface area contributed by atoms with Gasteiger partial charge in [-0.05, 0) is 102 Å². The van der Waals surface area contributed by atoms with Crippen molar-refractivity contribution >= 4 is 45.0 Å². The topological polar surface area (TPSA) is 77.6 Å². The summed E-state index contributed by atoms with van der Waals surface area (Å²) in [6.07, 6.45) is 8.74. The van der Waals surface area contributed by atoms with Gasteiger partial charge in [-0.25, -0.2) is 4.98 Å². The predicted molar refractivity (Wildman–Crippen MR) is 197 cm³/mol. The molecule has 2 N–H and O–H groups in total. The first-order valence-electron chi connectivity index (χ1n) is 18.5. The van der Waals surface area contributed by atoms with Crippen molar-refractivity contribution in [2.75, 3.05) is 49.9 Å². The molecule has 2 aromatic carbocycles. The van der Waals surface area contributed by atoms with Gasteiger partial charge in [0.1, 0.15) is 0 Å². The van der Waals surface area contributed by atoms with Crippen LogP contribution in [0.2, 0.25) is 0 Å². The Hall–Kier alpha value is -3.03. The normalized spacial score (nSPS) is 29.9. The van der Waals surface area contributed by atoms with Gasteiger partial charge in [0, 0.05) is 74.3 Å². The molecule has 48 heavy (non-hydrogen) atoms. The molecule has 258 valence electrons. The zero-order valence-corrected chi connectivity index (χ0v) is 30.3. The molecule has 4 bridgehead atoms. The molecule has 3 heterocycles. The van der Waals surface area contributed by atoms with Crippen molar-refractivity contribution in [2.45, 2.75) is 92.9 Å². The van der Waals surface area contributed by atoms with Gasteiger partial charge in [-0.1, -0.05) is 53.7 Å². The van der Waals surface area contributed by atoms with Gasteiger partial charge in [0.25, 0.3) is 0 Å². The fraction of sp³-hybridized carbons (Fsp3) is 0.634. The largest absolute Gasteiger partial charge is 0.326 e. The zero-order chi connectivity index (χ0) is 33.9. The van der Waals surface area contributed by atoms with Crippen LogP contribution in [0, 0.1) is 33.5 Å². The molecule has 4 atom stereocenters. The smallest absolute Gasteiger partial charge is 0.225 e. The van der Waals surface area contributed by atoms with E-state index in [1.165, 1.54) is 38.5 Å². The SMILES string of the molecule is CC1(C)CC2CN(CCC(=O)Nc3ccc4cc5ccc(NC(=O)CCN6CC7CC(C)(C)CC(C)(C7)C6)cc5nc4c3)CC(C)(C2)C1. The first-order valence-corrected chi connectivity index (χ1v) is 18.5. The number of pyridine rings is 1. The summed E-state index contributed by atoms with van der Waals surface area (Å²) < 4.78 is 0. The number of rotatable bonds is 8. The lowest BCUT2D eigenvalue weighted by Crippen LogP contribution is -2.52. The van der Waals surface area contributed by atoms with Crippen molar-refractivity contribution in [2.24, 2.45) is 33.5 Å². The van der Waals surface area contributed by atoms with Gasteiger partial charge >= 0.3 is 0 Å². The first kappa shape index (κ1) is 33.5. The van der Waals surface area contributed by atoms with Crippen LogP contribution in [-0.4, -0.2) is 65.9 Å². The number of nitrogens with zero attached hydrogens (tertiary/aromatic N) is 3. The molecule has 2 aliphatic heterocycles. The fourth-order valence-corrected chi connectivity index (χ4v) is 11.4. The first-order chi connectivity index (χ1) is 22.6. The number of nitrogens with one attached hydrogen (secondary N) is 2. The zero-order valence-electron chi connectivity index (χ0n) is 30.3. The van der Waals surface area contributed by atoms with Crippen molar-refractivity contribution in [1.29, 1.82) is 0 Å². The molecular formula is C41H57N5O2. The lowest BCUT2D eigenvalue weighted by Gasteiger charge is -2.53. The minimum atomic E-state index is 0.0482. The lowest BCUT2D eigenvalue weighted by atomic mass is 9.58. The molecule has 2 saturated carbocycles. The Morgan fingerprint density at radius 3 is 1.52 bits per heavy atom. The third-order valence-corrected chi connectivity index (χ3v) is 11.8. The third-order valence-electron chi connectivity index (χ3n) is 11.8. The number of carbonyl (C=O) groups excluding carboxylic acids is 2. The molecule has 2 amide bonds. The number of amides is 2. The van der Waals surface area contributed by atoms with Gasteiger partial charge in [-0.15, -0.1) is 0 Å². The molecule has 7 nitrogen and oxygen atoms in total. The Morgan fingerprint density at radius 2 is 1.10 bits per heavy atom. The summed E-state index contributed by atoms with van der Waals surface area (Å²) in [5, 5.41) is 8.30. The van der Waals surface area contributed by atoms with Gasteiger partial charge in [0.15, 0.2) is 0 Å². The van der Waals surface area contributed by atoms with Crippen molar-refractivity contribution in [3.63, 3.8) is 0 Å². The van der Waals surface area contributed by atoms with Crippen LogP contribution in [0.5, 0.6) is 0 Å². The maximum atomic E-state index is 13.0. The second-order valence-electron chi connectivity index (χ2n) is 18.7. The van der Waals surface area contributed by atoms with Crippen LogP contribution < -0.4 is 10.6 Å². The monoisotopic (exact) mass is 651 g/mol. The Bertz CT molecular complexity index is 1590. The molecular weight excluding hydrogens is 594 g/mol. The highest BCUT2D eigenvalue weighted by Gasteiger charge is 2.46. The Morgan fingerprint density at radius 1 is 0.667 bits per heavy atom. The molecule has 0 spiro atoms. The van der Waals surface area contributed by atoms with Gasteiger partial charge < -0.3 is 20.4 Å². The summed E-state index contributed by atoms with van der Waals surface area (Å²) in [5.41, 5.74) is 4.77. The van der Waals surface area contributed by atoms with E-state index >= 15 is 0 Å². The highest BCUT2D eigenvalue weighted by molar-refractivity contribution is 5.99. The van der Waals surface area contributed by atoms with Crippen LogP contribution in [0.3, 0.4) is 0 Å². The minimum absolute atomic E-state index is 0.0482. The third kappa shape index (κ3) is 7.73. The molecule has 3 aromatic rings. The minimum Gasteiger partial charge on any atom is -0.326 e. The van der Waals surface area contributed by atoms with E-state index in [4.69, 9.17) is 4.98 Å². The van der Waals surface area contributed by atoms with Crippen LogP contribution in [-0.2, 0) is 9.59 Å². The van der Waals surface area contributed by atoms with E-state index in [1.807, 2.05) is 36.4 Å². The second kappa shape index (κ2) is 12.4. The van der Waals surface area contributed by atoms with E-state index in [0.717, 1.165) is 84.3 Å². The Kier molecular flexibility index (Phi) is 8.63. The Labute approximate surface area is 287 Å². The predicted octanol–water partition coefficient (Wildman–Crippen LogP) is 8.34. The Balaban J connectivity index is 0.936. The van der Waals surface area contributed by atoms with Crippen LogP contribution in [0.1, 0.15) is 92.9 Å². The van der Waals surface area contributed by atoms with E-state index in [1.54, 1.807) is 0 Å². The number of fused-ring (bicyclic) bond motifs is 6. The summed E-state index contributed by atoms with van der Waals surface area (Å²) in [5.74, 6) is 1.57. The second-order valence-corrected chi connectivity index (χ2v) is 18.7. The maximum absolute atomic E-state index is 13.0. The van der Waals surface area contributed by atoms with Gasteiger partial charge in [-0.2, -0.15) is 0 Å². The number of aromatic nitrogens is 1. The van der Waals surface area contributed by atoms with Crippen LogP contribution in [0.25, 0.3) is 21.8 Å². The van der Waals surface area contributed by atoms with Gasteiger partial charge in [0.2, 0.25) is 11.8 Å². The number of piperidine rings is 2. The van der Waals surface area contributed by atoms with E-state index in [0.29, 0.717) is 34.5 Å². The summed E-state index contributed by atoms with van der Waals surface area (Å²) in [7, 11) is 0. The number of benzene rings is 2. The number of carbonyl (C=O) groups is 2. The quantitative estimate of drug-likeness (QED) is 0.240. The summed E-state index contributed by atoms with van der Waals surface area (Å²) in [4.78, 5) is 36.0. The molecule has 0 radical (unpaired) electrons. The van der Waals surface area contributed by atoms with Crippen LogP contribution in [0.15, 0.2) is 42.5 Å². The van der Waals surface area contributed by atoms with Gasteiger partial charge in [-0.3, -0.25) is 9.59 Å². The van der Waals surface area contributed by atoms with Crippen LogP contribution >= 0.6 is 0 Å². The number of likely N-dealkylation sites (tertiary alicyclic amines) is 2. The fourth-order valence-electron chi connectivity index (χ4n) is 11.4. The maximum Gasteiger partial charge on any atom is 0.225 e. The summed E-state index contributed by atoms with van der Waals surface area (Å²) in [6, 6.07) is 14.0. The molecule has 7 heteroatoms. The molecule has 2 aliphatic carbocycles. The standard InChI is InChI=1S/C41H57N5O2/c1-38(2)18-28-20-40(5,24-38)26-45(22-28)13-11-36(47)42-32-9-7-30-15-31-8-10-33(17-35(31)44-34(30)16-32)43-37(48)12-14-46-23-29-19-39(3,4)25-41(6,21-29)27-46/h7-10,15-17,28-29H,11-14,18-27H2,1-6H3,(H,42,47)(H,43,48). The van der Waals surface area contributed by atoms with Gasteiger partial charge in [0.05, 0.1) is 11.0 Å². The number of anilines is 2. The molecule has 4 unspecified atom stereocenters. The average Bonchev–Trinajstić information content (AvgIpc) is 2.95. The summed E-state index contributed by atoms with van der Waals surface area (Å²) in [6.45, 7) is 20.6. The van der Waals surface area contributed by atoms with Crippen molar-refractivity contribution in [3.05, 3.63) is 42.5 Å². The van der Waals surface area contributed by atoms with Crippen molar-refractivity contribution < 1.29 is 9.59 Å². The molecule has 2 saturated heterocycles. The molecule has 7 rings (SSSR count). The molecule has 4 fully saturated rings. The van der Waals surface area contributed by atoms with E-state index in [2.05, 4.69) is 68.0 Å².